The molecule has 0 saturated heterocycles. The van der Waals surface area contributed by atoms with Gasteiger partial charge in [-0.3, -0.25) is 14.4 Å². The lowest BCUT2D eigenvalue weighted by Crippen LogP contribution is -2.30. The first kappa shape index (κ1) is 20.5. The van der Waals surface area contributed by atoms with E-state index in [2.05, 4.69) is 10.6 Å². The molecule has 0 bridgehead atoms. The smallest absolute Gasteiger partial charge is 0.305 e. The van der Waals surface area contributed by atoms with Crippen LogP contribution in [0, 0.1) is 5.92 Å². The molecule has 1 unspecified atom stereocenters. The Hall–Kier alpha value is -2.86. The summed E-state index contributed by atoms with van der Waals surface area (Å²) in [4.78, 5) is 35.7. The van der Waals surface area contributed by atoms with E-state index in [4.69, 9.17) is 16.7 Å². The molecule has 0 saturated carbocycles. The fourth-order valence-electron chi connectivity index (χ4n) is 2.41. The normalized spacial score (nSPS) is 11.7. The number of carbonyl (C=O) groups excluding carboxylic acids is 2. The molecule has 0 aliphatic carbocycles. The Labute approximate surface area is 162 Å². The summed E-state index contributed by atoms with van der Waals surface area (Å²) >= 11 is 6.14. The summed E-state index contributed by atoms with van der Waals surface area (Å²) in [7, 11) is 0. The number of nitrogens with one attached hydrogen (secondary N) is 2. The van der Waals surface area contributed by atoms with Crippen molar-refractivity contribution in [2.45, 2.75) is 26.3 Å². The molecule has 0 aliphatic rings. The zero-order chi connectivity index (χ0) is 20.0. The van der Waals surface area contributed by atoms with E-state index < -0.39 is 17.9 Å². The van der Waals surface area contributed by atoms with Crippen LogP contribution in [0.1, 0.15) is 42.2 Å². The van der Waals surface area contributed by atoms with Crippen molar-refractivity contribution in [1.29, 1.82) is 0 Å². The van der Waals surface area contributed by atoms with Gasteiger partial charge in [0.1, 0.15) is 0 Å². The van der Waals surface area contributed by atoms with Crippen LogP contribution in [0.4, 0.5) is 5.69 Å². The molecule has 3 N–H and O–H groups in total. The SMILES string of the molecule is CC(C)C(=O)Nc1ccc(Cl)c(C(=O)NC(CC(=O)O)c2ccccc2)c1. The number of anilines is 1. The first-order valence-corrected chi connectivity index (χ1v) is 8.83. The predicted molar refractivity (Wildman–Crippen MR) is 104 cm³/mol. The fourth-order valence-corrected chi connectivity index (χ4v) is 2.62. The Bertz CT molecular complexity index is 837. The Balaban J connectivity index is 2.24. The van der Waals surface area contributed by atoms with Crippen LogP contribution in [-0.2, 0) is 9.59 Å². The van der Waals surface area contributed by atoms with Gasteiger partial charge >= 0.3 is 5.97 Å². The minimum absolute atomic E-state index is 0.157. The maximum absolute atomic E-state index is 12.7. The molecule has 2 amide bonds. The van der Waals surface area contributed by atoms with Gasteiger partial charge in [-0.25, -0.2) is 0 Å². The third-order valence-corrected chi connectivity index (χ3v) is 4.22. The van der Waals surface area contributed by atoms with Crippen molar-refractivity contribution in [3.63, 3.8) is 0 Å². The predicted octanol–water partition coefficient (Wildman–Crippen LogP) is 3.88. The highest BCUT2D eigenvalue weighted by Crippen LogP contribution is 2.23. The van der Waals surface area contributed by atoms with Crippen LogP contribution in [0.15, 0.2) is 48.5 Å². The number of hydrogen-bond acceptors (Lipinski definition) is 3. The zero-order valence-corrected chi connectivity index (χ0v) is 15.8. The number of aliphatic carboxylic acids is 1. The van der Waals surface area contributed by atoms with Gasteiger partial charge in [-0.05, 0) is 23.8 Å². The number of amides is 2. The highest BCUT2D eigenvalue weighted by Gasteiger charge is 2.21. The van der Waals surface area contributed by atoms with E-state index >= 15 is 0 Å². The summed E-state index contributed by atoms with van der Waals surface area (Å²) in [6.45, 7) is 3.52. The first-order valence-electron chi connectivity index (χ1n) is 8.46. The minimum Gasteiger partial charge on any atom is -0.481 e. The van der Waals surface area contributed by atoms with Gasteiger partial charge in [-0.2, -0.15) is 0 Å². The molecule has 142 valence electrons. The summed E-state index contributed by atoms with van der Waals surface area (Å²) in [5.41, 5.74) is 1.27. The molecule has 0 radical (unpaired) electrons. The molecule has 1 atom stereocenters. The van der Waals surface area contributed by atoms with Crippen molar-refractivity contribution in [2.24, 2.45) is 5.92 Å². The van der Waals surface area contributed by atoms with Gasteiger partial charge < -0.3 is 15.7 Å². The van der Waals surface area contributed by atoms with Gasteiger partial charge in [-0.1, -0.05) is 55.8 Å². The molecule has 27 heavy (non-hydrogen) atoms. The van der Waals surface area contributed by atoms with E-state index in [-0.39, 0.29) is 28.8 Å². The topological polar surface area (TPSA) is 95.5 Å². The lowest BCUT2D eigenvalue weighted by Gasteiger charge is -2.18. The van der Waals surface area contributed by atoms with Gasteiger partial charge in [0.05, 0.1) is 23.0 Å². The molecule has 2 rings (SSSR count). The third-order valence-electron chi connectivity index (χ3n) is 3.89. The number of carboxylic acids is 1. The van der Waals surface area contributed by atoms with E-state index in [1.165, 1.54) is 12.1 Å². The van der Waals surface area contributed by atoms with Crippen LogP contribution in [0.5, 0.6) is 0 Å². The highest BCUT2D eigenvalue weighted by molar-refractivity contribution is 6.34. The lowest BCUT2D eigenvalue weighted by molar-refractivity contribution is -0.137. The number of rotatable bonds is 7. The summed E-state index contributed by atoms with van der Waals surface area (Å²) < 4.78 is 0. The average Bonchev–Trinajstić information content (AvgIpc) is 2.62. The van der Waals surface area contributed by atoms with E-state index in [0.717, 1.165) is 0 Å². The van der Waals surface area contributed by atoms with Crippen molar-refractivity contribution in [3.05, 3.63) is 64.7 Å². The van der Waals surface area contributed by atoms with Crippen molar-refractivity contribution in [2.75, 3.05) is 5.32 Å². The molecule has 0 fully saturated rings. The third kappa shape index (κ3) is 5.82. The largest absolute Gasteiger partial charge is 0.481 e. The molecule has 0 spiro atoms. The second-order valence-electron chi connectivity index (χ2n) is 6.37. The standard InChI is InChI=1S/C20H21ClN2O4/c1-12(2)19(26)22-14-8-9-16(21)15(10-14)20(27)23-17(11-18(24)25)13-6-4-3-5-7-13/h3-10,12,17H,11H2,1-2H3,(H,22,26)(H,23,27)(H,24,25). The van der Waals surface area contributed by atoms with Gasteiger partial charge in [0.2, 0.25) is 5.91 Å². The summed E-state index contributed by atoms with van der Waals surface area (Å²) in [6.07, 6.45) is -0.267. The van der Waals surface area contributed by atoms with E-state index in [0.29, 0.717) is 11.3 Å². The molecule has 2 aromatic carbocycles. The van der Waals surface area contributed by atoms with E-state index in [1.807, 2.05) is 0 Å². The Kier molecular flexibility index (Phi) is 6.96. The van der Waals surface area contributed by atoms with Crippen LogP contribution in [0.2, 0.25) is 5.02 Å². The van der Waals surface area contributed by atoms with Crippen molar-refractivity contribution in [3.8, 4) is 0 Å². The lowest BCUT2D eigenvalue weighted by atomic mass is 10.0. The summed E-state index contributed by atoms with van der Waals surface area (Å²) in [6, 6.07) is 12.7. The summed E-state index contributed by atoms with van der Waals surface area (Å²) in [5.74, 6) is -1.95. The van der Waals surface area contributed by atoms with Crippen molar-refractivity contribution in [1.82, 2.24) is 5.32 Å². The Morgan fingerprint density at radius 3 is 2.33 bits per heavy atom. The van der Waals surface area contributed by atoms with Crippen LogP contribution < -0.4 is 10.6 Å². The maximum Gasteiger partial charge on any atom is 0.305 e. The molecule has 0 aromatic heterocycles. The van der Waals surface area contributed by atoms with Crippen LogP contribution in [0.3, 0.4) is 0 Å². The Morgan fingerprint density at radius 1 is 1.07 bits per heavy atom. The second-order valence-corrected chi connectivity index (χ2v) is 6.78. The molecule has 0 aliphatic heterocycles. The van der Waals surface area contributed by atoms with E-state index in [1.54, 1.807) is 50.2 Å². The summed E-state index contributed by atoms with van der Waals surface area (Å²) in [5, 5.41) is 14.8. The molecule has 6 nitrogen and oxygen atoms in total. The monoisotopic (exact) mass is 388 g/mol. The molecular formula is C20H21ClN2O4. The quantitative estimate of drug-likeness (QED) is 0.670. The second kappa shape index (κ2) is 9.19. The number of carbonyl (C=O) groups is 3. The van der Waals surface area contributed by atoms with Crippen LogP contribution in [-0.4, -0.2) is 22.9 Å². The van der Waals surface area contributed by atoms with Crippen LogP contribution in [0.25, 0.3) is 0 Å². The average molecular weight is 389 g/mol. The molecule has 2 aromatic rings. The number of hydrogen-bond donors (Lipinski definition) is 3. The van der Waals surface area contributed by atoms with Gasteiger partial charge in [0.25, 0.3) is 5.91 Å². The number of halogens is 1. The Morgan fingerprint density at radius 2 is 1.74 bits per heavy atom. The minimum atomic E-state index is -1.03. The number of carboxylic acid groups (broad SMARTS) is 1. The van der Waals surface area contributed by atoms with Gasteiger partial charge in [-0.15, -0.1) is 0 Å². The van der Waals surface area contributed by atoms with Gasteiger partial charge in [0.15, 0.2) is 0 Å². The maximum atomic E-state index is 12.7. The molecular weight excluding hydrogens is 368 g/mol. The van der Waals surface area contributed by atoms with Crippen molar-refractivity contribution < 1.29 is 19.5 Å². The highest BCUT2D eigenvalue weighted by atomic mass is 35.5. The van der Waals surface area contributed by atoms with Gasteiger partial charge in [0, 0.05) is 11.6 Å². The molecule has 0 heterocycles. The zero-order valence-electron chi connectivity index (χ0n) is 15.0. The van der Waals surface area contributed by atoms with Crippen molar-refractivity contribution >= 4 is 35.1 Å². The van der Waals surface area contributed by atoms with E-state index in [9.17, 15) is 14.4 Å². The fraction of sp³-hybridized carbons (Fsp3) is 0.250. The van der Waals surface area contributed by atoms with Crippen LogP contribution >= 0.6 is 11.6 Å². The number of benzene rings is 2. The molecule has 7 heteroatoms. The first-order chi connectivity index (χ1) is 12.8.